The van der Waals surface area contributed by atoms with Crippen molar-refractivity contribution in [2.24, 2.45) is 0 Å². The van der Waals surface area contributed by atoms with E-state index in [1.54, 1.807) is 48.5 Å². The van der Waals surface area contributed by atoms with E-state index in [-0.39, 0.29) is 12.4 Å². The second kappa shape index (κ2) is 10.0. The first kappa shape index (κ1) is 23.9. The number of rotatable bonds is 7. The number of fused-ring (bicyclic) bond motifs is 1. The van der Waals surface area contributed by atoms with Gasteiger partial charge in [0.15, 0.2) is 0 Å². The Labute approximate surface area is 213 Å². The maximum atomic E-state index is 13.5. The normalized spacial score (nSPS) is 13.3. The summed E-state index contributed by atoms with van der Waals surface area (Å²) in [6, 6.07) is 23.7. The van der Waals surface area contributed by atoms with Crippen molar-refractivity contribution >= 4 is 23.4 Å². The molecule has 3 amide bonds. The Morgan fingerprint density at radius 3 is 2.00 bits per heavy atom. The lowest BCUT2D eigenvalue weighted by atomic mass is 10.0. The highest BCUT2D eigenvalue weighted by molar-refractivity contribution is 6.23. The van der Waals surface area contributed by atoms with E-state index >= 15 is 0 Å². The summed E-state index contributed by atoms with van der Waals surface area (Å²) in [7, 11) is 0. The average molecular weight is 493 g/mol. The molecule has 0 bridgehead atoms. The van der Waals surface area contributed by atoms with E-state index in [4.69, 9.17) is 4.74 Å². The number of imide groups is 1. The Kier molecular flexibility index (Phi) is 6.47. The minimum atomic E-state index is -1.03. The van der Waals surface area contributed by atoms with Gasteiger partial charge in [-0.15, -0.1) is 0 Å². The van der Waals surface area contributed by atoms with Gasteiger partial charge in [0, 0.05) is 23.5 Å². The number of benzene rings is 3. The molecule has 184 valence electrons. The molecule has 37 heavy (non-hydrogen) atoms. The number of hydrogen-bond donors (Lipinski definition) is 1. The molecule has 0 fully saturated rings. The minimum Gasteiger partial charge on any atom is -0.424 e. The summed E-state index contributed by atoms with van der Waals surface area (Å²) >= 11 is 0. The number of amides is 3. The zero-order valence-corrected chi connectivity index (χ0v) is 20.3. The summed E-state index contributed by atoms with van der Waals surface area (Å²) in [5.74, 6) is -0.920. The van der Waals surface area contributed by atoms with Crippen LogP contribution in [0.25, 0.3) is 0 Å². The molecule has 4 aromatic rings. The van der Waals surface area contributed by atoms with Crippen LogP contribution in [0.1, 0.15) is 37.7 Å². The zero-order valence-electron chi connectivity index (χ0n) is 20.3. The van der Waals surface area contributed by atoms with Crippen LogP contribution in [0.2, 0.25) is 0 Å². The highest BCUT2D eigenvalue weighted by Crippen LogP contribution is 2.27. The lowest BCUT2D eigenvalue weighted by Gasteiger charge is -2.25. The van der Waals surface area contributed by atoms with Crippen molar-refractivity contribution in [1.82, 2.24) is 14.9 Å². The smallest absolute Gasteiger partial charge is 0.322 e. The van der Waals surface area contributed by atoms with Crippen LogP contribution >= 0.6 is 0 Å². The van der Waals surface area contributed by atoms with Crippen LogP contribution in [0, 0.1) is 13.8 Å². The predicted octanol–water partition coefficient (Wildman–Crippen LogP) is 4.73. The SMILES string of the molecule is Cc1cc(C)nc(Oc2ccc(NC(=O)C(Cc3ccccc3)N3C(=O)c4ccccc4C3=O)cc2)n1. The monoisotopic (exact) mass is 492 g/mol. The fraction of sp³-hybridized carbons (Fsp3) is 0.138. The Bertz CT molecular complexity index is 1430. The number of anilines is 1. The molecule has 0 saturated carbocycles. The molecule has 0 saturated heterocycles. The van der Waals surface area contributed by atoms with Gasteiger partial charge in [-0.2, -0.15) is 0 Å². The fourth-order valence-electron chi connectivity index (χ4n) is 4.31. The summed E-state index contributed by atoms with van der Waals surface area (Å²) in [6.07, 6.45) is 0.184. The van der Waals surface area contributed by atoms with Crippen molar-refractivity contribution in [3.63, 3.8) is 0 Å². The maximum absolute atomic E-state index is 13.5. The standard InChI is InChI=1S/C29H24N4O4/c1-18-16-19(2)31-29(30-18)37-22-14-12-21(13-15-22)32-26(34)25(17-20-8-4-3-5-9-20)33-27(35)23-10-6-7-11-24(23)28(33)36/h3-16,25H,17H2,1-2H3,(H,32,34). The van der Waals surface area contributed by atoms with Gasteiger partial charge in [0.05, 0.1) is 11.1 Å². The van der Waals surface area contributed by atoms with E-state index in [9.17, 15) is 14.4 Å². The van der Waals surface area contributed by atoms with Crippen LogP contribution in [0.4, 0.5) is 5.69 Å². The van der Waals surface area contributed by atoms with Crippen LogP contribution < -0.4 is 10.1 Å². The Morgan fingerprint density at radius 1 is 0.838 bits per heavy atom. The number of carbonyl (C=O) groups excluding carboxylic acids is 3. The first-order valence-corrected chi connectivity index (χ1v) is 11.8. The molecule has 8 nitrogen and oxygen atoms in total. The number of nitrogens with zero attached hydrogens (tertiary/aromatic N) is 3. The Balaban J connectivity index is 1.37. The molecular formula is C29H24N4O4. The summed E-state index contributed by atoms with van der Waals surface area (Å²) in [5, 5.41) is 2.84. The second-order valence-corrected chi connectivity index (χ2v) is 8.78. The maximum Gasteiger partial charge on any atom is 0.322 e. The van der Waals surface area contributed by atoms with Crippen LogP contribution in [-0.2, 0) is 11.2 Å². The molecule has 1 aromatic heterocycles. The molecule has 8 heteroatoms. The van der Waals surface area contributed by atoms with Crippen LogP contribution in [0.3, 0.4) is 0 Å². The molecule has 1 aliphatic rings. The van der Waals surface area contributed by atoms with E-state index in [1.165, 1.54) is 0 Å². The predicted molar refractivity (Wildman–Crippen MR) is 138 cm³/mol. The number of ether oxygens (including phenoxy) is 1. The molecule has 1 unspecified atom stereocenters. The van der Waals surface area contributed by atoms with Gasteiger partial charge in [0.25, 0.3) is 11.8 Å². The van der Waals surface area contributed by atoms with Gasteiger partial charge >= 0.3 is 6.01 Å². The number of nitrogens with one attached hydrogen (secondary N) is 1. The highest BCUT2D eigenvalue weighted by atomic mass is 16.5. The van der Waals surface area contributed by atoms with E-state index in [1.807, 2.05) is 50.2 Å². The molecule has 2 heterocycles. The van der Waals surface area contributed by atoms with Gasteiger partial charge in [-0.25, -0.2) is 9.97 Å². The number of aryl methyl sites for hydroxylation is 2. The number of hydrogen-bond acceptors (Lipinski definition) is 6. The fourth-order valence-corrected chi connectivity index (χ4v) is 4.31. The van der Waals surface area contributed by atoms with Crippen molar-refractivity contribution in [3.05, 3.63) is 113 Å². The molecular weight excluding hydrogens is 468 g/mol. The van der Waals surface area contributed by atoms with Crippen molar-refractivity contribution in [2.45, 2.75) is 26.3 Å². The van der Waals surface area contributed by atoms with Gasteiger partial charge in [-0.05, 0) is 61.9 Å². The lowest BCUT2D eigenvalue weighted by Crippen LogP contribution is -2.48. The third kappa shape index (κ3) is 5.08. The second-order valence-electron chi connectivity index (χ2n) is 8.78. The third-order valence-corrected chi connectivity index (χ3v) is 6.00. The van der Waals surface area contributed by atoms with Crippen molar-refractivity contribution in [3.8, 4) is 11.8 Å². The Morgan fingerprint density at radius 2 is 1.41 bits per heavy atom. The minimum absolute atomic E-state index is 0.184. The highest BCUT2D eigenvalue weighted by Gasteiger charge is 2.42. The van der Waals surface area contributed by atoms with Crippen molar-refractivity contribution in [2.75, 3.05) is 5.32 Å². The average Bonchev–Trinajstić information content (AvgIpc) is 3.13. The van der Waals surface area contributed by atoms with E-state index in [2.05, 4.69) is 15.3 Å². The van der Waals surface area contributed by atoms with Gasteiger partial charge in [0.2, 0.25) is 5.91 Å². The molecule has 5 rings (SSSR count). The molecule has 1 N–H and O–H groups in total. The quantitative estimate of drug-likeness (QED) is 0.374. The first-order chi connectivity index (χ1) is 17.9. The first-order valence-electron chi connectivity index (χ1n) is 11.8. The van der Waals surface area contributed by atoms with Crippen LogP contribution in [-0.4, -0.2) is 38.6 Å². The molecule has 0 spiro atoms. The molecule has 0 aliphatic carbocycles. The van der Waals surface area contributed by atoms with Gasteiger partial charge in [-0.1, -0.05) is 42.5 Å². The largest absolute Gasteiger partial charge is 0.424 e. The zero-order chi connectivity index (χ0) is 25.9. The van der Waals surface area contributed by atoms with Crippen molar-refractivity contribution in [1.29, 1.82) is 0 Å². The number of aromatic nitrogens is 2. The van der Waals surface area contributed by atoms with Crippen LogP contribution in [0.5, 0.6) is 11.8 Å². The Hall–Kier alpha value is -4.85. The van der Waals surface area contributed by atoms with E-state index < -0.39 is 23.8 Å². The molecule has 3 aromatic carbocycles. The van der Waals surface area contributed by atoms with Crippen molar-refractivity contribution < 1.29 is 19.1 Å². The third-order valence-electron chi connectivity index (χ3n) is 6.00. The lowest BCUT2D eigenvalue weighted by molar-refractivity contribution is -0.119. The van der Waals surface area contributed by atoms with Gasteiger partial charge < -0.3 is 10.1 Å². The van der Waals surface area contributed by atoms with E-state index in [0.29, 0.717) is 22.6 Å². The summed E-state index contributed by atoms with van der Waals surface area (Å²) in [6.45, 7) is 3.72. The number of carbonyl (C=O) groups is 3. The summed E-state index contributed by atoms with van der Waals surface area (Å²) in [4.78, 5) is 49.4. The summed E-state index contributed by atoms with van der Waals surface area (Å²) in [5.41, 5.74) is 3.51. The molecule has 1 atom stereocenters. The van der Waals surface area contributed by atoms with Gasteiger partial charge in [0.1, 0.15) is 11.8 Å². The topological polar surface area (TPSA) is 101 Å². The van der Waals surface area contributed by atoms with Crippen LogP contribution in [0.15, 0.2) is 84.9 Å². The molecule has 1 aliphatic heterocycles. The van der Waals surface area contributed by atoms with E-state index in [0.717, 1.165) is 21.9 Å². The molecule has 0 radical (unpaired) electrons. The summed E-state index contributed by atoms with van der Waals surface area (Å²) < 4.78 is 5.74. The van der Waals surface area contributed by atoms with Gasteiger partial charge in [-0.3, -0.25) is 19.3 Å².